The lowest BCUT2D eigenvalue weighted by Gasteiger charge is -2.26. The number of halogens is 3. The lowest BCUT2D eigenvalue weighted by atomic mass is 10.2. The van der Waals surface area contributed by atoms with Crippen molar-refractivity contribution in [3.8, 4) is 11.4 Å². The molecule has 0 N–H and O–H groups in total. The van der Waals surface area contributed by atoms with Gasteiger partial charge in [0.15, 0.2) is 5.82 Å². The van der Waals surface area contributed by atoms with Gasteiger partial charge in [0.25, 0.3) is 0 Å². The summed E-state index contributed by atoms with van der Waals surface area (Å²) >= 11 is 18.2. The van der Waals surface area contributed by atoms with Gasteiger partial charge in [0.2, 0.25) is 11.2 Å². The summed E-state index contributed by atoms with van der Waals surface area (Å²) in [5, 5.41) is 1.19. The summed E-state index contributed by atoms with van der Waals surface area (Å²) < 4.78 is 5.32. The monoisotopic (exact) mass is 344 g/mol. The van der Waals surface area contributed by atoms with E-state index in [2.05, 4.69) is 15.0 Å². The van der Waals surface area contributed by atoms with Crippen LogP contribution >= 0.6 is 34.8 Å². The van der Waals surface area contributed by atoms with Gasteiger partial charge >= 0.3 is 0 Å². The predicted molar refractivity (Wildman–Crippen MR) is 83.3 cm³/mol. The molecule has 0 radical (unpaired) electrons. The van der Waals surface area contributed by atoms with Crippen LogP contribution in [0.2, 0.25) is 15.3 Å². The molecule has 0 amide bonds. The van der Waals surface area contributed by atoms with Crippen LogP contribution in [0.4, 0.5) is 5.95 Å². The Balaban J connectivity index is 2.02. The number of anilines is 1. The van der Waals surface area contributed by atoms with Crippen molar-refractivity contribution >= 4 is 40.8 Å². The molecule has 1 aromatic heterocycles. The first-order valence-electron chi connectivity index (χ1n) is 6.33. The van der Waals surface area contributed by atoms with Crippen LogP contribution in [0.3, 0.4) is 0 Å². The summed E-state index contributed by atoms with van der Waals surface area (Å²) in [6.45, 7) is 2.69. The molecule has 0 atom stereocenters. The summed E-state index contributed by atoms with van der Waals surface area (Å²) in [5.74, 6) is 0.924. The molecule has 2 aromatic rings. The number of hydrogen-bond acceptors (Lipinski definition) is 5. The van der Waals surface area contributed by atoms with Crippen LogP contribution < -0.4 is 4.90 Å². The molecular formula is C13H11Cl3N4O. The van der Waals surface area contributed by atoms with Crippen molar-refractivity contribution in [1.82, 2.24) is 15.0 Å². The van der Waals surface area contributed by atoms with Crippen molar-refractivity contribution in [1.29, 1.82) is 0 Å². The first kappa shape index (κ1) is 14.8. The zero-order chi connectivity index (χ0) is 14.8. The number of morpholine rings is 1. The van der Waals surface area contributed by atoms with E-state index >= 15 is 0 Å². The fourth-order valence-electron chi connectivity index (χ4n) is 2.03. The molecule has 0 spiro atoms. The summed E-state index contributed by atoms with van der Waals surface area (Å²) in [4.78, 5) is 14.8. The van der Waals surface area contributed by atoms with E-state index in [-0.39, 0.29) is 5.28 Å². The van der Waals surface area contributed by atoms with Crippen molar-refractivity contribution in [3.05, 3.63) is 33.5 Å². The third kappa shape index (κ3) is 3.37. The molecule has 1 aromatic carbocycles. The van der Waals surface area contributed by atoms with Crippen LogP contribution in [0.15, 0.2) is 18.2 Å². The highest BCUT2D eigenvalue weighted by Gasteiger charge is 2.17. The minimum atomic E-state index is 0.123. The Hall–Kier alpha value is -1.14. The number of aromatic nitrogens is 3. The van der Waals surface area contributed by atoms with Crippen LogP contribution in [0.1, 0.15) is 0 Å². The third-order valence-corrected chi connectivity index (χ3v) is 3.79. The standard InChI is InChI=1S/C13H11Cl3N4O/c14-8-1-2-10(15)9(7-8)11-17-12(16)19-13(18-11)20-3-5-21-6-4-20/h1-2,7H,3-6H2. The molecule has 5 nitrogen and oxygen atoms in total. The third-order valence-electron chi connectivity index (χ3n) is 3.06. The van der Waals surface area contributed by atoms with Gasteiger partial charge in [0.1, 0.15) is 0 Å². The van der Waals surface area contributed by atoms with E-state index in [1.807, 2.05) is 4.90 Å². The van der Waals surface area contributed by atoms with E-state index in [1.165, 1.54) is 0 Å². The van der Waals surface area contributed by atoms with Crippen LogP contribution in [-0.4, -0.2) is 41.3 Å². The minimum Gasteiger partial charge on any atom is -0.378 e. The second-order valence-electron chi connectivity index (χ2n) is 4.45. The second-order valence-corrected chi connectivity index (χ2v) is 5.63. The maximum Gasteiger partial charge on any atom is 0.230 e. The van der Waals surface area contributed by atoms with Gasteiger partial charge in [-0.05, 0) is 29.8 Å². The minimum absolute atomic E-state index is 0.123. The van der Waals surface area contributed by atoms with Crippen LogP contribution in [0, 0.1) is 0 Å². The van der Waals surface area contributed by atoms with Crippen molar-refractivity contribution in [2.24, 2.45) is 0 Å². The predicted octanol–water partition coefficient (Wildman–Crippen LogP) is 3.34. The van der Waals surface area contributed by atoms with E-state index in [4.69, 9.17) is 39.5 Å². The van der Waals surface area contributed by atoms with Gasteiger partial charge in [0, 0.05) is 23.7 Å². The topological polar surface area (TPSA) is 51.1 Å². The SMILES string of the molecule is Clc1ccc(Cl)c(-c2nc(Cl)nc(N3CCOCC3)n2)c1. The molecule has 2 heterocycles. The summed E-state index contributed by atoms with van der Waals surface area (Å²) in [5.41, 5.74) is 0.628. The fraction of sp³-hybridized carbons (Fsp3) is 0.308. The number of ether oxygens (including phenoxy) is 1. The van der Waals surface area contributed by atoms with Crippen molar-refractivity contribution < 1.29 is 4.74 Å². The van der Waals surface area contributed by atoms with Gasteiger partial charge in [-0.25, -0.2) is 0 Å². The van der Waals surface area contributed by atoms with Crippen molar-refractivity contribution in [3.63, 3.8) is 0 Å². The van der Waals surface area contributed by atoms with Crippen molar-refractivity contribution in [2.45, 2.75) is 0 Å². The lowest BCUT2D eigenvalue weighted by Crippen LogP contribution is -2.37. The van der Waals surface area contributed by atoms with Gasteiger partial charge in [0.05, 0.1) is 18.2 Å². The van der Waals surface area contributed by atoms with E-state index < -0.39 is 0 Å². The van der Waals surface area contributed by atoms with E-state index in [1.54, 1.807) is 18.2 Å². The maximum absolute atomic E-state index is 6.19. The van der Waals surface area contributed by atoms with Gasteiger partial charge < -0.3 is 9.64 Å². The molecule has 0 saturated carbocycles. The van der Waals surface area contributed by atoms with Crippen molar-refractivity contribution in [2.75, 3.05) is 31.2 Å². The molecule has 1 aliphatic heterocycles. The van der Waals surface area contributed by atoms with Crippen LogP contribution in [-0.2, 0) is 4.74 Å². The molecule has 8 heteroatoms. The zero-order valence-corrected chi connectivity index (χ0v) is 13.2. The Kier molecular flexibility index (Phi) is 4.45. The molecule has 1 fully saturated rings. The van der Waals surface area contributed by atoms with Gasteiger partial charge in [-0.2, -0.15) is 15.0 Å². The quantitative estimate of drug-likeness (QED) is 0.835. The van der Waals surface area contributed by atoms with Gasteiger partial charge in [-0.15, -0.1) is 0 Å². The molecule has 1 aliphatic rings. The number of hydrogen-bond donors (Lipinski definition) is 0. The molecule has 110 valence electrons. The first-order chi connectivity index (χ1) is 10.1. The summed E-state index contributed by atoms with van der Waals surface area (Å²) in [7, 11) is 0. The highest BCUT2D eigenvalue weighted by molar-refractivity contribution is 6.35. The molecule has 0 aliphatic carbocycles. The highest BCUT2D eigenvalue weighted by Crippen LogP contribution is 2.29. The summed E-state index contributed by atoms with van der Waals surface area (Å²) in [6, 6.07) is 5.11. The Morgan fingerprint density at radius 2 is 1.76 bits per heavy atom. The van der Waals surface area contributed by atoms with E-state index in [0.717, 1.165) is 0 Å². The molecule has 21 heavy (non-hydrogen) atoms. The molecular weight excluding hydrogens is 335 g/mol. The van der Waals surface area contributed by atoms with Crippen LogP contribution in [0.25, 0.3) is 11.4 Å². The van der Waals surface area contributed by atoms with Gasteiger partial charge in [-0.3, -0.25) is 0 Å². The number of rotatable bonds is 2. The average molecular weight is 346 g/mol. The second kappa shape index (κ2) is 6.32. The summed E-state index contributed by atoms with van der Waals surface area (Å²) in [6.07, 6.45) is 0. The Labute approximate surface area is 136 Å². The van der Waals surface area contributed by atoms with Crippen LogP contribution in [0.5, 0.6) is 0 Å². The zero-order valence-electron chi connectivity index (χ0n) is 10.9. The number of benzene rings is 1. The molecule has 0 unspecified atom stereocenters. The van der Waals surface area contributed by atoms with Gasteiger partial charge in [-0.1, -0.05) is 23.2 Å². The average Bonchev–Trinajstić information content (AvgIpc) is 2.50. The largest absolute Gasteiger partial charge is 0.378 e. The smallest absolute Gasteiger partial charge is 0.230 e. The molecule has 3 rings (SSSR count). The maximum atomic E-state index is 6.19. The van der Waals surface area contributed by atoms with E-state index in [0.29, 0.717) is 53.7 Å². The van der Waals surface area contributed by atoms with E-state index in [9.17, 15) is 0 Å². The normalized spacial score (nSPS) is 15.3. The molecule has 0 bridgehead atoms. The fourth-order valence-corrected chi connectivity index (χ4v) is 2.56. The lowest BCUT2D eigenvalue weighted by molar-refractivity contribution is 0.122. The Morgan fingerprint density at radius 1 is 1.00 bits per heavy atom. The first-order valence-corrected chi connectivity index (χ1v) is 7.46. The number of nitrogens with zero attached hydrogens (tertiary/aromatic N) is 4. The molecule has 1 saturated heterocycles. The Morgan fingerprint density at radius 3 is 2.52 bits per heavy atom. The highest BCUT2D eigenvalue weighted by atomic mass is 35.5. The Bertz CT molecular complexity index is 662.